The van der Waals surface area contributed by atoms with E-state index in [1.807, 2.05) is 19.1 Å². The number of ether oxygens (including phenoxy) is 1. The van der Waals surface area contributed by atoms with Gasteiger partial charge in [-0.25, -0.2) is 4.79 Å². The molecule has 0 bridgehead atoms. The number of hydrogen-bond donors (Lipinski definition) is 1. The van der Waals surface area contributed by atoms with E-state index in [4.69, 9.17) is 16.3 Å². The predicted octanol–water partition coefficient (Wildman–Crippen LogP) is 4.78. The summed E-state index contributed by atoms with van der Waals surface area (Å²) in [5, 5.41) is 12.4. The third-order valence-corrected chi connectivity index (χ3v) is 4.24. The van der Waals surface area contributed by atoms with Gasteiger partial charge in [0.15, 0.2) is 0 Å². The van der Waals surface area contributed by atoms with E-state index in [-0.39, 0.29) is 5.57 Å². The summed E-state index contributed by atoms with van der Waals surface area (Å²) in [5.41, 5.74) is 1.39. The molecule has 0 heterocycles. The largest absolute Gasteiger partial charge is 0.423 e. The Balaban J connectivity index is 1.98. The van der Waals surface area contributed by atoms with Gasteiger partial charge in [0, 0.05) is 17.6 Å². The number of halogens is 1. The topological polar surface area (TPSA) is 79.2 Å². The molecule has 0 saturated carbocycles. The first-order valence-corrected chi connectivity index (χ1v) is 9.55. The van der Waals surface area contributed by atoms with Gasteiger partial charge < -0.3 is 10.1 Å². The number of hydrogen-bond acceptors (Lipinski definition) is 4. The lowest BCUT2D eigenvalue weighted by Crippen LogP contribution is -2.25. The highest BCUT2D eigenvalue weighted by Gasteiger charge is 2.08. The third-order valence-electron chi connectivity index (χ3n) is 3.89. The zero-order chi connectivity index (χ0) is 21.1. The van der Waals surface area contributed by atoms with Crippen LogP contribution in [0.4, 0.5) is 0 Å². The minimum absolute atomic E-state index is 0.0218. The molecule has 29 heavy (non-hydrogen) atoms. The first-order chi connectivity index (χ1) is 14.0. The summed E-state index contributed by atoms with van der Waals surface area (Å²) in [5.74, 6) is -0.593. The molecule has 0 aromatic heterocycles. The lowest BCUT2D eigenvalue weighted by atomic mass is 10.1. The molecule has 5 nitrogen and oxygen atoms in total. The second-order valence-corrected chi connectivity index (χ2v) is 6.53. The fraction of sp³-hybridized carbons (Fsp3) is 0.174. The summed E-state index contributed by atoms with van der Waals surface area (Å²) in [6, 6.07) is 15.6. The summed E-state index contributed by atoms with van der Waals surface area (Å²) in [6.45, 7) is 2.55. The third kappa shape index (κ3) is 7.28. The van der Waals surface area contributed by atoms with E-state index in [1.165, 1.54) is 12.2 Å². The van der Waals surface area contributed by atoms with E-state index in [2.05, 4.69) is 5.32 Å². The fourth-order valence-corrected chi connectivity index (χ4v) is 2.54. The molecule has 2 aromatic rings. The van der Waals surface area contributed by atoms with Crippen molar-refractivity contribution in [2.75, 3.05) is 6.54 Å². The standard InChI is InChI=1S/C23H21ClN2O3/c1-2-3-14-26-23(28)19(16-25)15-17-8-11-20(12-9-17)29-22(27)13-10-18-6-4-5-7-21(18)24/h4-13,15H,2-3,14H2,1H3,(H,26,28)/b13-10+,19-15+. The Morgan fingerprint density at radius 3 is 2.55 bits per heavy atom. The van der Waals surface area contributed by atoms with Crippen LogP contribution in [0.15, 0.2) is 60.2 Å². The molecule has 6 heteroatoms. The number of rotatable bonds is 8. The molecule has 0 spiro atoms. The van der Waals surface area contributed by atoms with E-state index in [0.717, 1.165) is 12.8 Å². The van der Waals surface area contributed by atoms with E-state index in [9.17, 15) is 14.9 Å². The maximum atomic E-state index is 12.0. The zero-order valence-corrected chi connectivity index (χ0v) is 16.8. The number of esters is 1. The van der Waals surface area contributed by atoms with Gasteiger partial charge in [-0.2, -0.15) is 5.26 Å². The average Bonchev–Trinajstić information content (AvgIpc) is 2.72. The van der Waals surface area contributed by atoms with Crippen LogP contribution in [-0.2, 0) is 9.59 Å². The average molecular weight is 409 g/mol. The van der Waals surface area contributed by atoms with E-state index in [0.29, 0.717) is 28.4 Å². The van der Waals surface area contributed by atoms with Crippen molar-refractivity contribution >= 4 is 35.6 Å². The normalized spacial score (nSPS) is 11.1. The molecule has 0 aliphatic heterocycles. The van der Waals surface area contributed by atoms with Crippen molar-refractivity contribution in [3.05, 3.63) is 76.3 Å². The molecular formula is C23H21ClN2O3. The maximum Gasteiger partial charge on any atom is 0.336 e. The summed E-state index contributed by atoms with van der Waals surface area (Å²) in [7, 11) is 0. The molecule has 1 amide bonds. The molecule has 2 aromatic carbocycles. The van der Waals surface area contributed by atoms with Crippen molar-refractivity contribution < 1.29 is 14.3 Å². The fourth-order valence-electron chi connectivity index (χ4n) is 2.34. The smallest absolute Gasteiger partial charge is 0.336 e. The van der Waals surface area contributed by atoms with Gasteiger partial charge in [-0.1, -0.05) is 55.3 Å². The van der Waals surface area contributed by atoms with Crippen LogP contribution in [0.3, 0.4) is 0 Å². The second kappa shape index (κ2) is 11.5. The van der Waals surface area contributed by atoms with Crippen LogP contribution in [0.25, 0.3) is 12.2 Å². The molecule has 2 rings (SSSR count). The zero-order valence-electron chi connectivity index (χ0n) is 16.0. The van der Waals surface area contributed by atoms with Gasteiger partial charge in [0.05, 0.1) is 0 Å². The Hall–Kier alpha value is -3.36. The highest BCUT2D eigenvalue weighted by molar-refractivity contribution is 6.32. The SMILES string of the molecule is CCCCNC(=O)/C(C#N)=C/c1ccc(OC(=O)/C=C/c2ccccc2Cl)cc1. The maximum absolute atomic E-state index is 12.0. The van der Waals surface area contributed by atoms with Crippen LogP contribution in [0, 0.1) is 11.3 Å². The van der Waals surface area contributed by atoms with Crippen molar-refractivity contribution in [2.45, 2.75) is 19.8 Å². The van der Waals surface area contributed by atoms with Gasteiger partial charge in [-0.15, -0.1) is 0 Å². The molecule has 0 radical (unpaired) electrons. The van der Waals surface area contributed by atoms with Gasteiger partial charge in [0.2, 0.25) is 0 Å². The number of nitrogens with zero attached hydrogens (tertiary/aromatic N) is 1. The van der Waals surface area contributed by atoms with Gasteiger partial charge in [-0.05, 0) is 47.9 Å². The molecule has 0 fully saturated rings. The number of nitrogens with one attached hydrogen (secondary N) is 1. The van der Waals surface area contributed by atoms with Crippen molar-refractivity contribution in [3.63, 3.8) is 0 Å². The minimum Gasteiger partial charge on any atom is -0.423 e. The van der Waals surface area contributed by atoms with Crippen molar-refractivity contribution in [2.24, 2.45) is 0 Å². The molecular weight excluding hydrogens is 388 g/mol. The van der Waals surface area contributed by atoms with Crippen LogP contribution < -0.4 is 10.1 Å². The van der Waals surface area contributed by atoms with Crippen LogP contribution in [0.5, 0.6) is 5.75 Å². The summed E-state index contributed by atoms with van der Waals surface area (Å²) < 4.78 is 5.24. The quantitative estimate of drug-likeness (QED) is 0.224. The molecule has 0 aliphatic rings. The summed E-state index contributed by atoms with van der Waals surface area (Å²) in [4.78, 5) is 24.0. The minimum atomic E-state index is -0.541. The summed E-state index contributed by atoms with van der Waals surface area (Å²) in [6.07, 6.45) is 6.18. The van der Waals surface area contributed by atoms with Gasteiger partial charge in [0.25, 0.3) is 5.91 Å². The Morgan fingerprint density at radius 1 is 1.17 bits per heavy atom. The number of unbranched alkanes of at least 4 members (excludes halogenated alkanes) is 1. The molecule has 0 atom stereocenters. The Bertz CT molecular complexity index is 957. The van der Waals surface area contributed by atoms with Crippen molar-refractivity contribution in [3.8, 4) is 11.8 Å². The first kappa shape index (κ1) is 21.9. The number of nitriles is 1. The number of carbonyl (C=O) groups excluding carboxylic acids is 2. The molecule has 1 N–H and O–H groups in total. The van der Waals surface area contributed by atoms with Gasteiger partial charge in [0.1, 0.15) is 17.4 Å². The van der Waals surface area contributed by atoms with E-state index >= 15 is 0 Å². The highest BCUT2D eigenvalue weighted by atomic mass is 35.5. The lowest BCUT2D eigenvalue weighted by molar-refractivity contribution is -0.128. The lowest BCUT2D eigenvalue weighted by Gasteiger charge is -2.04. The number of amides is 1. The Morgan fingerprint density at radius 2 is 1.90 bits per heavy atom. The molecule has 0 unspecified atom stereocenters. The Kier molecular flexibility index (Phi) is 8.68. The van der Waals surface area contributed by atoms with Crippen molar-refractivity contribution in [1.82, 2.24) is 5.32 Å². The van der Waals surface area contributed by atoms with Gasteiger partial charge >= 0.3 is 5.97 Å². The van der Waals surface area contributed by atoms with Crippen LogP contribution in [0.1, 0.15) is 30.9 Å². The Labute approximate surface area is 175 Å². The molecule has 148 valence electrons. The van der Waals surface area contributed by atoms with Gasteiger partial charge in [-0.3, -0.25) is 4.79 Å². The predicted molar refractivity (Wildman–Crippen MR) is 114 cm³/mol. The summed E-state index contributed by atoms with van der Waals surface area (Å²) >= 11 is 6.04. The van der Waals surface area contributed by atoms with E-state index < -0.39 is 11.9 Å². The first-order valence-electron chi connectivity index (χ1n) is 9.18. The second-order valence-electron chi connectivity index (χ2n) is 6.12. The molecule has 0 saturated heterocycles. The van der Waals surface area contributed by atoms with Crippen molar-refractivity contribution in [1.29, 1.82) is 5.26 Å². The number of benzene rings is 2. The number of carbonyl (C=O) groups is 2. The highest BCUT2D eigenvalue weighted by Crippen LogP contribution is 2.18. The monoisotopic (exact) mass is 408 g/mol. The van der Waals surface area contributed by atoms with Crippen LogP contribution in [-0.4, -0.2) is 18.4 Å². The van der Waals surface area contributed by atoms with E-state index in [1.54, 1.807) is 48.5 Å². The van der Waals surface area contributed by atoms with Crippen LogP contribution in [0.2, 0.25) is 5.02 Å². The molecule has 0 aliphatic carbocycles. The van der Waals surface area contributed by atoms with Crippen LogP contribution >= 0.6 is 11.6 Å².